The molecule has 0 amide bonds. The third-order valence-electron chi connectivity index (χ3n) is 5.28. The van der Waals surface area contributed by atoms with Gasteiger partial charge in [-0.1, -0.05) is 24.3 Å². The summed E-state index contributed by atoms with van der Waals surface area (Å²) in [5, 5.41) is 3.71. The minimum absolute atomic E-state index is 0.159. The molecular formula is C21H26N4O. The van der Waals surface area contributed by atoms with E-state index in [0.717, 1.165) is 30.8 Å². The molecule has 0 fully saturated rings. The van der Waals surface area contributed by atoms with E-state index in [1.807, 2.05) is 6.92 Å². The van der Waals surface area contributed by atoms with Crippen molar-refractivity contribution in [2.75, 3.05) is 0 Å². The van der Waals surface area contributed by atoms with Crippen molar-refractivity contribution < 1.29 is 4.74 Å². The molecule has 0 aromatic heterocycles. The van der Waals surface area contributed by atoms with Crippen LogP contribution in [0, 0.1) is 0 Å². The smallest absolute Gasteiger partial charge is 0.153 e. The van der Waals surface area contributed by atoms with Crippen LogP contribution in [0.4, 0.5) is 5.69 Å². The van der Waals surface area contributed by atoms with Gasteiger partial charge in [-0.3, -0.25) is 0 Å². The molecule has 1 aliphatic carbocycles. The number of hydrogen-bond donors (Lipinski definition) is 3. The predicted octanol–water partition coefficient (Wildman–Crippen LogP) is 3.08. The summed E-state index contributed by atoms with van der Waals surface area (Å²) in [5.74, 6) is 1.39. The Bertz CT molecular complexity index is 846. The largest absolute Gasteiger partial charge is 0.481 e. The summed E-state index contributed by atoms with van der Waals surface area (Å²) in [6.07, 6.45) is 3.22. The van der Waals surface area contributed by atoms with E-state index in [1.165, 1.54) is 28.7 Å². The number of hydrogen-bond acceptors (Lipinski definition) is 5. The monoisotopic (exact) mass is 350 g/mol. The van der Waals surface area contributed by atoms with Crippen LogP contribution in [0.1, 0.15) is 48.1 Å². The molecule has 0 bridgehead atoms. The zero-order chi connectivity index (χ0) is 18.1. The molecule has 0 saturated carbocycles. The van der Waals surface area contributed by atoms with Crippen LogP contribution in [0.2, 0.25) is 0 Å². The summed E-state index contributed by atoms with van der Waals surface area (Å²) in [6, 6.07) is 13.1. The van der Waals surface area contributed by atoms with Gasteiger partial charge in [0.2, 0.25) is 0 Å². The van der Waals surface area contributed by atoms with Crippen LogP contribution in [0.3, 0.4) is 0 Å². The zero-order valence-electron chi connectivity index (χ0n) is 15.2. The van der Waals surface area contributed by atoms with Crippen molar-refractivity contribution in [1.82, 2.24) is 5.32 Å². The quantitative estimate of drug-likeness (QED) is 0.791. The standard InChI is InChI=1S/C21H26N4O/c1-13-21(23)25-19-10-17-16(9-20(19)26-13)6-3-7-18(17)24-12-15-5-2-4-14(8-15)11-22/h2,4-5,8-10,13,18,24H,3,6-7,11-12,22H2,1H3,(H2,23,25). The molecular weight excluding hydrogens is 324 g/mol. The number of fused-ring (bicyclic) bond motifs is 2. The predicted molar refractivity (Wildman–Crippen MR) is 105 cm³/mol. The van der Waals surface area contributed by atoms with Crippen LogP contribution < -0.4 is 21.5 Å². The minimum atomic E-state index is -0.159. The Morgan fingerprint density at radius 3 is 2.92 bits per heavy atom. The first kappa shape index (κ1) is 17.1. The highest BCUT2D eigenvalue weighted by molar-refractivity contribution is 5.90. The highest BCUT2D eigenvalue weighted by Gasteiger charge is 2.25. The van der Waals surface area contributed by atoms with E-state index in [2.05, 4.69) is 46.7 Å². The van der Waals surface area contributed by atoms with Gasteiger partial charge in [0.05, 0.1) is 0 Å². The van der Waals surface area contributed by atoms with E-state index in [4.69, 9.17) is 16.2 Å². The first-order valence-corrected chi connectivity index (χ1v) is 9.33. The maximum absolute atomic E-state index is 5.96. The Morgan fingerprint density at radius 2 is 2.08 bits per heavy atom. The second-order valence-corrected chi connectivity index (χ2v) is 7.17. The lowest BCUT2D eigenvalue weighted by molar-refractivity contribution is 0.281. The molecule has 0 radical (unpaired) electrons. The van der Waals surface area contributed by atoms with Gasteiger partial charge in [-0.05, 0) is 60.6 Å². The number of ether oxygens (including phenoxy) is 1. The number of aliphatic imine (C=N–C) groups is 1. The van der Waals surface area contributed by atoms with Crippen molar-refractivity contribution in [1.29, 1.82) is 0 Å². The van der Waals surface area contributed by atoms with Crippen molar-refractivity contribution in [2.24, 2.45) is 16.5 Å². The Labute approximate surface area is 154 Å². The average molecular weight is 350 g/mol. The Morgan fingerprint density at radius 1 is 1.23 bits per heavy atom. The first-order chi connectivity index (χ1) is 12.6. The fourth-order valence-corrected chi connectivity index (χ4v) is 3.80. The summed E-state index contributed by atoms with van der Waals surface area (Å²) >= 11 is 0. The second-order valence-electron chi connectivity index (χ2n) is 7.17. The number of amidine groups is 1. The summed E-state index contributed by atoms with van der Waals surface area (Å²) in [6.45, 7) is 3.33. The van der Waals surface area contributed by atoms with Crippen molar-refractivity contribution in [3.63, 3.8) is 0 Å². The van der Waals surface area contributed by atoms with Crippen molar-refractivity contribution in [2.45, 2.75) is 51.4 Å². The topological polar surface area (TPSA) is 85.7 Å². The van der Waals surface area contributed by atoms with E-state index in [1.54, 1.807) is 0 Å². The molecule has 0 saturated heterocycles. The van der Waals surface area contributed by atoms with Crippen LogP contribution in [0.5, 0.6) is 5.75 Å². The SMILES string of the molecule is CC1Oc2cc3c(cc2N=C1N)C(NCc1cccc(CN)c1)CCC3. The maximum atomic E-state index is 5.96. The second kappa shape index (κ2) is 7.09. The van der Waals surface area contributed by atoms with E-state index in [9.17, 15) is 0 Å². The van der Waals surface area contributed by atoms with Crippen LogP contribution in [-0.4, -0.2) is 11.9 Å². The van der Waals surface area contributed by atoms with Gasteiger partial charge in [-0.25, -0.2) is 4.99 Å². The Hall–Kier alpha value is -2.37. The minimum Gasteiger partial charge on any atom is -0.481 e. The number of nitrogens with one attached hydrogen (secondary N) is 1. The molecule has 5 heteroatoms. The van der Waals surface area contributed by atoms with Gasteiger partial charge in [0.25, 0.3) is 0 Å². The highest BCUT2D eigenvalue weighted by atomic mass is 16.5. The summed E-state index contributed by atoms with van der Waals surface area (Å²) < 4.78 is 5.91. The lowest BCUT2D eigenvalue weighted by Crippen LogP contribution is -2.33. The van der Waals surface area contributed by atoms with E-state index < -0.39 is 0 Å². The van der Waals surface area contributed by atoms with Gasteiger partial charge in [0, 0.05) is 19.1 Å². The Kier molecular flexibility index (Phi) is 4.66. The van der Waals surface area contributed by atoms with E-state index >= 15 is 0 Å². The average Bonchev–Trinajstić information content (AvgIpc) is 2.66. The number of aryl methyl sites for hydroxylation is 1. The molecule has 26 heavy (non-hydrogen) atoms. The molecule has 136 valence electrons. The molecule has 2 aromatic carbocycles. The van der Waals surface area contributed by atoms with Gasteiger partial charge in [0.1, 0.15) is 17.3 Å². The summed E-state index contributed by atoms with van der Waals surface area (Å²) in [4.78, 5) is 4.54. The zero-order valence-corrected chi connectivity index (χ0v) is 15.2. The molecule has 2 unspecified atom stereocenters. The number of nitrogens with two attached hydrogens (primary N) is 2. The van der Waals surface area contributed by atoms with Crippen LogP contribution in [-0.2, 0) is 19.5 Å². The molecule has 2 atom stereocenters. The maximum Gasteiger partial charge on any atom is 0.153 e. The van der Waals surface area contributed by atoms with Crippen LogP contribution in [0.25, 0.3) is 0 Å². The molecule has 5 N–H and O–H groups in total. The lowest BCUT2D eigenvalue weighted by atomic mass is 9.86. The van der Waals surface area contributed by atoms with Crippen molar-refractivity contribution >= 4 is 11.5 Å². The molecule has 5 nitrogen and oxygen atoms in total. The van der Waals surface area contributed by atoms with E-state index in [-0.39, 0.29) is 6.10 Å². The number of rotatable bonds is 4. The first-order valence-electron chi connectivity index (χ1n) is 9.33. The lowest BCUT2D eigenvalue weighted by Gasteiger charge is -2.29. The van der Waals surface area contributed by atoms with Crippen LogP contribution in [0.15, 0.2) is 41.4 Å². The van der Waals surface area contributed by atoms with Crippen molar-refractivity contribution in [3.8, 4) is 5.75 Å². The highest BCUT2D eigenvalue weighted by Crippen LogP contribution is 2.40. The fourth-order valence-electron chi connectivity index (χ4n) is 3.80. The van der Waals surface area contributed by atoms with Gasteiger partial charge >= 0.3 is 0 Å². The van der Waals surface area contributed by atoms with Crippen molar-refractivity contribution in [3.05, 3.63) is 58.7 Å². The van der Waals surface area contributed by atoms with Gasteiger partial charge in [-0.2, -0.15) is 0 Å². The molecule has 2 aromatic rings. The molecule has 1 heterocycles. The van der Waals surface area contributed by atoms with Gasteiger partial charge in [-0.15, -0.1) is 0 Å². The molecule has 0 spiro atoms. The molecule has 4 rings (SSSR count). The van der Waals surface area contributed by atoms with E-state index in [0.29, 0.717) is 18.4 Å². The van der Waals surface area contributed by atoms with Gasteiger partial charge < -0.3 is 21.5 Å². The normalized spacial score (nSPS) is 21.4. The number of benzene rings is 2. The molecule has 1 aliphatic heterocycles. The third-order valence-corrected chi connectivity index (χ3v) is 5.28. The fraction of sp³-hybridized carbons (Fsp3) is 0.381. The van der Waals surface area contributed by atoms with Crippen LogP contribution >= 0.6 is 0 Å². The third kappa shape index (κ3) is 3.32. The summed E-state index contributed by atoms with van der Waals surface area (Å²) in [7, 11) is 0. The Balaban J connectivity index is 1.57. The van der Waals surface area contributed by atoms with Gasteiger partial charge in [0.15, 0.2) is 6.10 Å². The number of nitrogens with zero attached hydrogens (tertiary/aromatic N) is 1. The summed E-state index contributed by atoms with van der Waals surface area (Å²) in [5.41, 5.74) is 17.7. The molecule has 2 aliphatic rings.